The molecule has 4 heterocycles. The van der Waals surface area contributed by atoms with Gasteiger partial charge in [0, 0.05) is 41.9 Å². The second-order valence-corrected chi connectivity index (χ2v) is 23.1. The molecule has 364 valence electrons. The standard InChI is InChI=1S/C24H34NO8PS3.C8H11N3O2.C8H14O.C5H11N/c1-23(2,14-26)21(29)35-9-7-32-34(31,33-8-10-36-22(30)24(3,4)15-27)13-16-5-6-18-17(11-16)12-19(37-18)20(25)28;1-7(12)13-11-4-8(5-11)10-3-2-9-6-10;1-6-7(2)8(6)4-3-5-9;1-6-4-2-3-5-6/h5-6,11-12,26-27H,7-10,13-15H2,1-4H3,(H2,25,28);2-3,6,8H,4-5H2,1H3;5-8H,3-4H2,1-2H3;2-5H2,1H3. The molecule has 2 saturated heterocycles. The number of thiophene rings is 1. The summed E-state index contributed by atoms with van der Waals surface area (Å²) in [5, 5.41) is 20.7. The number of amides is 1. The zero-order chi connectivity index (χ0) is 48.4. The number of aldehydes is 1. The highest BCUT2D eigenvalue weighted by Gasteiger charge is 2.41. The molecule has 3 aromatic rings. The number of carbonyl (C=O) groups excluding carboxylic acids is 5. The normalized spacial score (nSPS) is 18.8. The van der Waals surface area contributed by atoms with Gasteiger partial charge < -0.3 is 44.1 Å². The van der Waals surface area contributed by atoms with Crippen LogP contribution in [0.5, 0.6) is 0 Å². The molecule has 2 aliphatic heterocycles. The first-order chi connectivity index (χ1) is 30.6. The van der Waals surface area contributed by atoms with Gasteiger partial charge in [0.15, 0.2) is 10.2 Å². The SMILES string of the molecule is CC(=O)ON1CC(n2ccnc2)C1.CC(C)(CO)C(=O)SCCOP(=O)(Cc1ccc2sc(C(N)=O)cc2c1)OCCSC(=O)C(C)(C)CO.CC1C(C)C1CCC=O.CN1CCCC1. The Balaban J connectivity index is 0.000000316. The number of likely N-dealkylation sites (tertiary alicyclic amines) is 1. The van der Waals surface area contributed by atoms with Crippen molar-refractivity contribution < 1.29 is 52.6 Å². The molecule has 3 fully saturated rings. The number of benzene rings is 1. The lowest BCUT2D eigenvalue weighted by atomic mass is 9.97. The molecular weight excluding hydrogens is 914 g/mol. The summed E-state index contributed by atoms with van der Waals surface area (Å²) >= 11 is 3.24. The van der Waals surface area contributed by atoms with Gasteiger partial charge in [-0.1, -0.05) is 43.4 Å². The third-order valence-corrected chi connectivity index (χ3v) is 16.7. The molecule has 4 N–H and O–H groups in total. The predicted molar refractivity (Wildman–Crippen MR) is 259 cm³/mol. The highest BCUT2D eigenvalue weighted by molar-refractivity contribution is 8.14. The molecule has 16 nitrogen and oxygen atoms in total. The summed E-state index contributed by atoms with van der Waals surface area (Å²) in [6.45, 7) is 16.0. The van der Waals surface area contributed by atoms with E-state index < -0.39 is 24.3 Å². The van der Waals surface area contributed by atoms with E-state index in [-0.39, 0.29) is 60.3 Å². The van der Waals surface area contributed by atoms with Crippen LogP contribution in [0.2, 0.25) is 0 Å². The monoisotopic (exact) mass is 983 g/mol. The van der Waals surface area contributed by atoms with E-state index in [0.29, 0.717) is 16.5 Å². The van der Waals surface area contributed by atoms with Crippen LogP contribution in [0.1, 0.15) is 95.4 Å². The van der Waals surface area contributed by atoms with Gasteiger partial charge in [-0.05, 0) is 114 Å². The van der Waals surface area contributed by atoms with Crippen LogP contribution in [0, 0.1) is 28.6 Å². The first-order valence-corrected chi connectivity index (χ1v) is 26.5. The lowest BCUT2D eigenvalue weighted by molar-refractivity contribution is -0.215. The molecule has 20 heteroatoms. The number of aromatic nitrogens is 2. The van der Waals surface area contributed by atoms with Crippen molar-refractivity contribution in [2.45, 2.75) is 86.4 Å². The van der Waals surface area contributed by atoms with E-state index in [2.05, 4.69) is 30.8 Å². The average Bonchev–Trinajstić information content (AvgIpc) is 3.86. The van der Waals surface area contributed by atoms with Gasteiger partial charge in [-0.3, -0.25) is 23.7 Å². The van der Waals surface area contributed by atoms with Crippen LogP contribution in [0.15, 0.2) is 43.0 Å². The molecule has 2 atom stereocenters. The number of hydroxylamine groups is 2. The number of aliphatic hydroxyl groups is 2. The molecule has 2 unspecified atom stereocenters. The van der Waals surface area contributed by atoms with E-state index in [9.17, 15) is 38.8 Å². The summed E-state index contributed by atoms with van der Waals surface area (Å²) in [5.74, 6) is 2.28. The Hall–Kier alpha value is -2.97. The highest BCUT2D eigenvalue weighted by atomic mass is 32.2. The zero-order valence-corrected chi connectivity index (χ0v) is 42.5. The largest absolute Gasteiger partial charge is 0.395 e. The van der Waals surface area contributed by atoms with Crippen molar-refractivity contribution in [2.24, 2.45) is 34.3 Å². The Kier molecular flexibility index (Phi) is 23.5. The van der Waals surface area contributed by atoms with E-state index in [1.165, 1.54) is 44.2 Å². The van der Waals surface area contributed by atoms with Gasteiger partial charge in [-0.25, -0.2) is 4.98 Å². The lowest BCUT2D eigenvalue weighted by Gasteiger charge is -2.37. The summed E-state index contributed by atoms with van der Waals surface area (Å²) in [5.41, 5.74) is 4.26. The third kappa shape index (κ3) is 19.3. The number of fused-ring (bicyclic) bond motifs is 1. The second kappa shape index (κ2) is 27.1. The molecule has 65 heavy (non-hydrogen) atoms. The van der Waals surface area contributed by atoms with Crippen molar-refractivity contribution in [1.82, 2.24) is 19.5 Å². The smallest absolute Gasteiger partial charge is 0.335 e. The quantitative estimate of drug-likeness (QED) is 0.0585. The molecule has 1 aliphatic carbocycles. The van der Waals surface area contributed by atoms with Gasteiger partial charge in [0.1, 0.15) is 6.29 Å². The number of imidazole rings is 1. The maximum atomic E-state index is 13.6. The molecule has 1 aromatic carbocycles. The van der Waals surface area contributed by atoms with Crippen LogP contribution in [0.4, 0.5) is 0 Å². The van der Waals surface area contributed by atoms with Crippen LogP contribution in [0.25, 0.3) is 10.1 Å². The van der Waals surface area contributed by atoms with Crippen molar-refractivity contribution in [3.05, 3.63) is 53.4 Å². The number of primary amides is 1. The summed E-state index contributed by atoms with van der Waals surface area (Å²) in [7, 11) is -1.51. The van der Waals surface area contributed by atoms with Crippen molar-refractivity contribution >= 4 is 80.9 Å². The fourth-order valence-electron chi connectivity index (χ4n) is 6.58. The summed E-state index contributed by atoms with van der Waals surface area (Å²) in [6, 6.07) is 7.44. The van der Waals surface area contributed by atoms with E-state index >= 15 is 0 Å². The Labute approximate surface area is 396 Å². The van der Waals surface area contributed by atoms with E-state index in [0.717, 1.165) is 83.6 Å². The van der Waals surface area contributed by atoms with Crippen LogP contribution in [-0.4, -0.2) is 129 Å². The molecule has 2 aromatic heterocycles. The number of nitrogens with zero attached hydrogens (tertiary/aromatic N) is 4. The fourth-order valence-corrected chi connectivity index (χ4v) is 11.0. The lowest BCUT2D eigenvalue weighted by Crippen LogP contribution is -2.47. The van der Waals surface area contributed by atoms with Gasteiger partial charge in [-0.15, -0.1) is 16.4 Å². The van der Waals surface area contributed by atoms with Crippen LogP contribution < -0.4 is 5.73 Å². The highest BCUT2D eigenvalue weighted by Crippen LogP contribution is 2.52. The Morgan fingerprint density at radius 3 is 1.95 bits per heavy atom. The zero-order valence-electron chi connectivity index (χ0n) is 39.1. The minimum Gasteiger partial charge on any atom is -0.395 e. The number of hydrogen-bond acceptors (Lipinski definition) is 17. The number of hydrogen-bond donors (Lipinski definition) is 3. The molecule has 1 saturated carbocycles. The molecule has 6 rings (SSSR count). The first kappa shape index (κ1) is 56.4. The minimum absolute atomic E-state index is 0.0225. The summed E-state index contributed by atoms with van der Waals surface area (Å²) in [4.78, 5) is 68.1. The van der Waals surface area contributed by atoms with Gasteiger partial charge in [0.05, 0.1) is 73.8 Å². The second-order valence-electron chi connectivity index (χ2n) is 17.9. The van der Waals surface area contributed by atoms with Gasteiger partial charge in [0.25, 0.3) is 5.91 Å². The van der Waals surface area contributed by atoms with Crippen molar-refractivity contribution in [1.29, 1.82) is 0 Å². The summed E-state index contributed by atoms with van der Waals surface area (Å²) in [6.07, 6.45) is 11.1. The minimum atomic E-state index is -3.68. The number of carbonyl (C=O) groups is 5. The Morgan fingerprint density at radius 1 is 0.954 bits per heavy atom. The van der Waals surface area contributed by atoms with Gasteiger partial charge in [0.2, 0.25) is 0 Å². The van der Waals surface area contributed by atoms with Crippen molar-refractivity contribution in [3.63, 3.8) is 0 Å². The van der Waals surface area contributed by atoms with E-state index in [1.807, 2.05) is 16.8 Å². The van der Waals surface area contributed by atoms with E-state index in [4.69, 9.17) is 19.6 Å². The number of aliphatic hydroxyl groups excluding tert-OH is 2. The Morgan fingerprint density at radius 2 is 1.52 bits per heavy atom. The number of nitrogens with two attached hydrogens (primary N) is 1. The predicted octanol–water partition coefficient (Wildman–Crippen LogP) is 7.08. The van der Waals surface area contributed by atoms with Crippen LogP contribution >= 0.6 is 42.5 Å². The topological polar surface area (TPSA) is 221 Å². The van der Waals surface area contributed by atoms with Crippen molar-refractivity contribution in [2.75, 3.05) is 71.2 Å². The summed E-state index contributed by atoms with van der Waals surface area (Å²) < 4.78 is 27.9. The molecular formula is C45H70N5O11PS3. The maximum Gasteiger partial charge on any atom is 0.335 e. The van der Waals surface area contributed by atoms with Crippen LogP contribution in [0.3, 0.4) is 0 Å². The number of thioether (sulfide) groups is 2. The molecule has 1 amide bonds. The van der Waals surface area contributed by atoms with Gasteiger partial charge in [-0.2, -0.15) is 0 Å². The molecule has 3 aliphatic rings. The average molecular weight is 984 g/mol. The van der Waals surface area contributed by atoms with Crippen LogP contribution in [-0.2, 0) is 43.8 Å². The Bertz CT molecular complexity index is 1970. The van der Waals surface area contributed by atoms with Gasteiger partial charge >= 0.3 is 13.6 Å². The molecule has 0 bridgehead atoms. The molecule has 0 spiro atoms. The van der Waals surface area contributed by atoms with E-state index in [1.54, 1.807) is 63.5 Å². The molecule has 0 radical (unpaired) electrons. The first-order valence-electron chi connectivity index (χ1n) is 21.9. The number of rotatable bonds is 20. The maximum absolute atomic E-state index is 13.6. The van der Waals surface area contributed by atoms with Crippen molar-refractivity contribution in [3.8, 4) is 0 Å². The fraction of sp³-hybridized carbons (Fsp3) is 0.644. The third-order valence-electron chi connectivity index (χ3n) is 11.3.